The molecule has 3 aliphatic rings. The summed E-state index contributed by atoms with van der Waals surface area (Å²) in [6.45, 7) is 4.46. The van der Waals surface area contributed by atoms with Crippen LogP contribution in [-0.2, 0) is 0 Å². The molecule has 0 aromatic heterocycles. The Morgan fingerprint density at radius 1 is 0.825 bits per heavy atom. The Kier molecular flexibility index (Phi) is 7.82. The van der Waals surface area contributed by atoms with Gasteiger partial charge in [-0.05, 0) is 104 Å². The van der Waals surface area contributed by atoms with Gasteiger partial charge in [0.25, 0.3) is 0 Å². The Morgan fingerprint density at radius 2 is 1.52 bits per heavy atom. The number of aryl methyl sites for hydroxylation is 1. The van der Waals surface area contributed by atoms with E-state index in [4.69, 9.17) is 33.2 Å². The van der Waals surface area contributed by atoms with Gasteiger partial charge in [-0.15, -0.1) is 0 Å². The third-order valence-corrected chi connectivity index (χ3v) is 8.53. The lowest BCUT2D eigenvalue weighted by molar-refractivity contribution is 0.350. The maximum atomic E-state index is 6.28. The van der Waals surface area contributed by atoms with Crippen LogP contribution in [0.5, 0.6) is 0 Å². The van der Waals surface area contributed by atoms with E-state index in [1.54, 1.807) is 0 Å². The van der Waals surface area contributed by atoms with Crippen LogP contribution in [0.4, 0.5) is 11.4 Å². The molecule has 1 fully saturated rings. The van der Waals surface area contributed by atoms with E-state index in [0.717, 1.165) is 51.3 Å². The van der Waals surface area contributed by atoms with Crippen LogP contribution in [0, 0.1) is 12.8 Å². The number of benzene rings is 4. The fourth-order valence-electron chi connectivity index (χ4n) is 5.79. The predicted molar refractivity (Wildman–Crippen MR) is 168 cm³/mol. The number of halogens is 2. The molecule has 3 aromatic carbocycles. The van der Waals surface area contributed by atoms with E-state index >= 15 is 0 Å². The van der Waals surface area contributed by atoms with E-state index in [9.17, 15) is 0 Å². The molecule has 0 amide bonds. The summed E-state index contributed by atoms with van der Waals surface area (Å²) < 4.78 is 2.28. The lowest BCUT2D eigenvalue weighted by Crippen LogP contribution is -2.23. The monoisotopic (exact) mass is 568 g/mol. The van der Waals surface area contributed by atoms with Gasteiger partial charge in [-0.3, -0.25) is 4.99 Å². The average molecular weight is 570 g/mol. The van der Waals surface area contributed by atoms with Crippen molar-refractivity contribution in [1.29, 1.82) is 0 Å². The van der Waals surface area contributed by atoms with Crippen LogP contribution in [0.2, 0.25) is 10.0 Å². The number of anilines is 2. The highest BCUT2D eigenvalue weighted by Gasteiger charge is 2.21. The van der Waals surface area contributed by atoms with Crippen molar-refractivity contribution in [3.63, 3.8) is 0 Å². The van der Waals surface area contributed by atoms with E-state index in [1.165, 1.54) is 37.7 Å². The number of fused-ring (bicyclic) bond motifs is 2. The van der Waals surface area contributed by atoms with Crippen molar-refractivity contribution >= 4 is 45.6 Å². The van der Waals surface area contributed by atoms with Crippen molar-refractivity contribution in [2.45, 2.75) is 58.4 Å². The molecule has 0 spiro atoms. The summed E-state index contributed by atoms with van der Waals surface area (Å²) in [5.41, 5.74) is 8.02. The topological polar surface area (TPSA) is 42.2 Å². The van der Waals surface area contributed by atoms with Gasteiger partial charge in [-0.25, -0.2) is 4.98 Å². The fourth-order valence-corrected chi connectivity index (χ4v) is 6.04. The molecular formula is C34H34Cl2N4. The van der Waals surface area contributed by atoms with Crippen molar-refractivity contribution in [3.8, 4) is 17.1 Å². The number of hydrogen-bond acceptors (Lipinski definition) is 3. The Balaban J connectivity index is 1.61. The van der Waals surface area contributed by atoms with Crippen LogP contribution in [0.1, 0.15) is 51.0 Å². The predicted octanol–water partition coefficient (Wildman–Crippen LogP) is 9.75. The minimum absolute atomic E-state index is 0.281. The highest BCUT2D eigenvalue weighted by Crippen LogP contribution is 2.32. The van der Waals surface area contributed by atoms with Crippen molar-refractivity contribution in [1.82, 2.24) is 9.55 Å². The molecule has 4 nitrogen and oxygen atoms in total. The molecule has 2 unspecified atom stereocenters. The molecule has 1 aliphatic heterocycles. The zero-order valence-corrected chi connectivity index (χ0v) is 24.5. The number of hydrogen-bond donors (Lipinski definition) is 1. The van der Waals surface area contributed by atoms with Gasteiger partial charge in [-0.1, -0.05) is 61.9 Å². The summed E-state index contributed by atoms with van der Waals surface area (Å²) in [6, 6.07) is 26.9. The standard InChI is InChI=1S/C34H34Cl2N4/c1-22-9-18-33-31(19-22)39-32-20-29(37-26-14-10-24(35)11-15-26)30(38-28-8-6-4-3-5-7-23(28)2)21-34(32)40(33)27-16-12-25(36)13-17-27/h9-21,23,28,37H,3-8H2,1-2H3. The SMILES string of the molecule is Cc1ccc2c(c1)nc1cc(Nc3ccc(Cl)cc3)c(=NC3CCCCCCC3C)cc-1n2-c1ccc(Cl)cc1. The lowest BCUT2D eigenvalue weighted by atomic mass is 9.88. The molecule has 1 saturated carbocycles. The van der Waals surface area contributed by atoms with Gasteiger partial charge >= 0.3 is 0 Å². The molecular weight excluding hydrogens is 535 g/mol. The third kappa shape index (κ3) is 5.75. The summed E-state index contributed by atoms with van der Waals surface area (Å²) in [5.74, 6) is 0.542. The lowest BCUT2D eigenvalue weighted by Gasteiger charge is -2.24. The van der Waals surface area contributed by atoms with E-state index in [0.29, 0.717) is 16.0 Å². The summed E-state index contributed by atoms with van der Waals surface area (Å²) in [5, 5.41) is 6.01. The molecule has 1 N–H and O–H groups in total. The zero-order valence-electron chi connectivity index (χ0n) is 23.0. The van der Waals surface area contributed by atoms with Crippen LogP contribution < -0.4 is 10.7 Å². The Bertz CT molecular complexity index is 1670. The molecule has 2 atom stereocenters. The summed E-state index contributed by atoms with van der Waals surface area (Å²) in [6.07, 6.45) is 7.47. The minimum Gasteiger partial charge on any atom is -0.354 e. The van der Waals surface area contributed by atoms with Crippen LogP contribution in [0.15, 0.2) is 83.9 Å². The average Bonchev–Trinajstić information content (AvgIpc) is 2.93. The quantitative estimate of drug-likeness (QED) is 0.219. The van der Waals surface area contributed by atoms with Crippen molar-refractivity contribution in [2.75, 3.05) is 5.32 Å². The van der Waals surface area contributed by atoms with Gasteiger partial charge < -0.3 is 9.88 Å². The van der Waals surface area contributed by atoms with Crippen LogP contribution in [-0.4, -0.2) is 15.6 Å². The Labute approximate surface area is 246 Å². The van der Waals surface area contributed by atoms with Crippen LogP contribution in [0.3, 0.4) is 0 Å². The fraction of sp³-hybridized carbons (Fsp3) is 0.294. The van der Waals surface area contributed by atoms with Gasteiger partial charge in [0.2, 0.25) is 0 Å². The van der Waals surface area contributed by atoms with Crippen molar-refractivity contribution in [2.24, 2.45) is 10.9 Å². The largest absolute Gasteiger partial charge is 0.354 e. The van der Waals surface area contributed by atoms with Gasteiger partial charge in [0.15, 0.2) is 0 Å². The highest BCUT2D eigenvalue weighted by molar-refractivity contribution is 6.30. The molecule has 2 aliphatic carbocycles. The summed E-state index contributed by atoms with van der Waals surface area (Å²) in [4.78, 5) is 10.6. The Morgan fingerprint density at radius 3 is 2.27 bits per heavy atom. The molecule has 3 aromatic rings. The first-order valence-corrected chi connectivity index (χ1v) is 15.0. The smallest absolute Gasteiger partial charge is 0.0900 e. The molecule has 0 radical (unpaired) electrons. The van der Waals surface area contributed by atoms with Gasteiger partial charge in [0.1, 0.15) is 0 Å². The molecule has 6 rings (SSSR count). The van der Waals surface area contributed by atoms with Gasteiger partial charge in [-0.2, -0.15) is 0 Å². The highest BCUT2D eigenvalue weighted by atomic mass is 35.5. The van der Waals surface area contributed by atoms with Gasteiger partial charge in [0.05, 0.1) is 39.5 Å². The second kappa shape index (κ2) is 11.6. The molecule has 6 heteroatoms. The second-order valence-corrected chi connectivity index (χ2v) is 11.9. The van der Waals surface area contributed by atoms with E-state index < -0.39 is 0 Å². The first-order chi connectivity index (χ1) is 19.4. The number of rotatable bonds is 4. The molecule has 1 heterocycles. The van der Waals surface area contributed by atoms with E-state index in [-0.39, 0.29) is 6.04 Å². The normalized spacial score (nSPS) is 18.6. The number of aromatic nitrogens is 2. The van der Waals surface area contributed by atoms with Gasteiger partial charge in [0, 0.05) is 21.4 Å². The Hall–Kier alpha value is -3.34. The van der Waals surface area contributed by atoms with Crippen LogP contribution in [0.25, 0.3) is 28.1 Å². The van der Waals surface area contributed by atoms with Crippen LogP contribution >= 0.6 is 23.2 Å². The summed E-state index contributed by atoms with van der Waals surface area (Å²) >= 11 is 12.5. The molecule has 40 heavy (non-hydrogen) atoms. The second-order valence-electron chi connectivity index (χ2n) is 11.1. The maximum absolute atomic E-state index is 6.28. The first-order valence-electron chi connectivity index (χ1n) is 14.2. The molecule has 0 bridgehead atoms. The van der Waals surface area contributed by atoms with Crippen molar-refractivity contribution in [3.05, 3.63) is 99.8 Å². The third-order valence-electron chi connectivity index (χ3n) is 8.03. The number of nitrogens with one attached hydrogen (secondary N) is 1. The molecule has 204 valence electrons. The zero-order chi connectivity index (χ0) is 27.6. The number of nitrogens with zero attached hydrogens (tertiary/aromatic N) is 3. The first kappa shape index (κ1) is 26.9. The van der Waals surface area contributed by atoms with Crippen molar-refractivity contribution < 1.29 is 0 Å². The van der Waals surface area contributed by atoms with E-state index in [2.05, 4.69) is 66.2 Å². The molecule has 0 saturated heterocycles. The minimum atomic E-state index is 0.281. The summed E-state index contributed by atoms with van der Waals surface area (Å²) in [7, 11) is 0. The maximum Gasteiger partial charge on any atom is 0.0900 e. The van der Waals surface area contributed by atoms with E-state index in [1.807, 2.05) is 36.4 Å².